The topological polar surface area (TPSA) is 32.3 Å². The van der Waals surface area contributed by atoms with E-state index in [1.165, 1.54) is 45.1 Å². The van der Waals surface area contributed by atoms with Gasteiger partial charge in [-0.3, -0.25) is 0 Å². The van der Waals surface area contributed by atoms with Crippen LogP contribution in [0.1, 0.15) is 86.0 Å². The van der Waals surface area contributed by atoms with Crippen molar-refractivity contribution in [3.05, 3.63) is 11.6 Å². The summed E-state index contributed by atoms with van der Waals surface area (Å²) in [6.07, 6.45) is 12.7. The maximum absolute atomic E-state index is 10.2. The number of hydrogen-bond donors (Lipinski definition) is 2. The quantitative estimate of drug-likeness (QED) is 0.584. The van der Waals surface area contributed by atoms with Crippen molar-refractivity contribution < 1.29 is 5.11 Å². The second-order valence-electron chi connectivity index (χ2n) is 11.9. The highest BCUT2D eigenvalue weighted by molar-refractivity contribution is 5.25. The smallest absolute Gasteiger partial charge is 0.0577 e. The van der Waals surface area contributed by atoms with E-state index in [2.05, 4.69) is 46.0 Å². The zero-order valence-corrected chi connectivity index (χ0v) is 19.1. The van der Waals surface area contributed by atoms with Gasteiger partial charge in [0.15, 0.2) is 0 Å². The minimum atomic E-state index is -0.0835. The Morgan fingerprint density at radius 2 is 1.82 bits per heavy atom. The van der Waals surface area contributed by atoms with Gasteiger partial charge in [0, 0.05) is 0 Å². The second kappa shape index (κ2) is 7.73. The van der Waals surface area contributed by atoms with E-state index in [0.717, 1.165) is 54.9 Å². The average Bonchev–Trinajstić information content (AvgIpc) is 2.99. The van der Waals surface area contributed by atoms with Crippen molar-refractivity contribution in [3.8, 4) is 0 Å². The molecule has 0 heterocycles. The molecule has 2 nitrogen and oxygen atoms in total. The van der Waals surface area contributed by atoms with Crippen molar-refractivity contribution >= 4 is 0 Å². The Morgan fingerprint density at radius 1 is 1.04 bits per heavy atom. The molecule has 3 fully saturated rings. The molecule has 160 valence electrons. The summed E-state index contributed by atoms with van der Waals surface area (Å²) in [6, 6.07) is 0. The van der Waals surface area contributed by atoms with Crippen LogP contribution in [0.4, 0.5) is 0 Å². The van der Waals surface area contributed by atoms with Gasteiger partial charge < -0.3 is 10.4 Å². The zero-order valence-electron chi connectivity index (χ0n) is 19.1. The SMILES string of the molecule is CC(C)CNC[C@@H](C)[C@H]1CC[C@H]2[C@@H]3CC=C4C[C@@H](O)CC[C@]4(C)[C@H]3CC[C@]12C. The Labute approximate surface area is 173 Å². The molecule has 2 heteroatoms. The summed E-state index contributed by atoms with van der Waals surface area (Å²) in [6.45, 7) is 14.7. The summed E-state index contributed by atoms with van der Waals surface area (Å²) in [7, 11) is 0. The number of aliphatic hydroxyl groups is 1. The Kier molecular flexibility index (Phi) is 5.77. The van der Waals surface area contributed by atoms with Gasteiger partial charge in [-0.05, 0) is 111 Å². The Balaban J connectivity index is 1.49. The first-order valence-corrected chi connectivity index (χ1v) is 12.3. The molecule has 0 bridgehead atoms. The predicted octanol–water partition coefficient (Wildman–Crippen LogP) is 5.81. The molecule has 0 amide bonds. The van der Waals surface area contributed by atoms with Gasteiger partial charge in [0.25, 0.3) is 0 Å². The molecule has 0 aliphatic heterocycles. The largest absolute Gasteiger partial charge is 0.393 e. The lowest BCUT2D eigenvalue weighted by Crippen LogP contribution is -2.51. The molecule has 3 saturated carbocycles. The standard InChI is InChI=1S/C26H45NO/c1-17(2)15-27-16-18(3)22-8-9-23-21-7-6-19-14-20(28)10-12-25(19,4)24(21)11-13-26(22,23)5/h6,17-18,20-24,27-28H,7-16H2,1-5H3/t18-,20+,21+,22-,23+,24+,25+,26-/m1/s1. The summed E-state index contributed by atoms with van der Waals surface area (Å²) in [4.78, 5) is 0. The fourth-order valence-electron chi connectivity index (χ4n) is 8.36. The molecule has 4 aliphatic rings. The van der Waals surface area contributed by atoms with Gasteiger partial charge in [-0.15, -0.1) is 0 Å². The van der Waals surface area contributed by atoms with E-state index >= 15 is 0 Å². The number of rotatable bonds is 5. The van der Waals surface area contributed by atoms with Crippen LogP contribution in [0.3, 0.4) is 0 Å². The van der Waals surface area contributed by atoms with Crippen molar-refractivity contribution in [2.24, 2.45) is 46.3 Å². The molecule has 4 aliphatic carbocycles. The minimum Gasteiger partial charge on any atom is -0.393 e. The van der Waals surface area contributed by atoms with Crippen LogP contribution >= 0.6 is 0 Å². The molecule has 2 N–H and O–H groups in total. The van der Waals surface area contributed by atoms with Gasteiger partial charge >= 0.3 is 0 Å². The van der Waals surface area contributed by atoms with Crippen LogP contribution in [-0.2, 0) is 0 Å². The van der Waals surface area contributed by atoms with Crippen LogP contribution in [0.25, 0.3) is 0 Å². The first kappa shape index (κ1) is 20.9. The third-order valence-corrected chi connectivity index (χ3v) is 9.86. The van der Waals surface area contributed by atoms with Gasteiger partial charge in [-0.25, -0.2) is 0 Å². The lowest BCUT2D eigenvalue weighted by molar-refractivity contribution is -0.0565. The van der Waals surface area contributed by atoms with E-state index < -0.39 is 0 Å². The maximum Gasteiger partial charge on any atom is 0.0577 e. The van der Waals surface area contributed by atoms with Crippen molar-refractivity contribution in [1.29, 1.82) is 0 Å². The average molecular weight is 388 g/mol. The van der Waals surface area contributed by atoms with Crippen molar-refractivity contribution in [2.45, 2.75) is 92.1 Å². The molecule has 0 aromatic carbocycles. The van der Waals surface area contributed by atoms with Gasteiger partial charge in [-0.2, -0.15) is 0 Å². The minimum absolute atomic E-state index is 0.0835. The summed E-state index contributed by atoms with van der Waals surface area (Å²) in [5, 5.41) is 13.9. The third-order valence-electron chi connectivity index (χ3n) is 9.86. The molecule has 28 heavy (non-hydrogen) atoms. The molecule has 0 unspecified atom stereocenters. The second-order valence-corrected chi connectivity index (χ2v) is 11.9. The summed E-state index contributed by atoms with van der Waals surface area (Å²) in [5.74, 6) is 5.11. The Bertz CT molecular complexity index is 597. The summed E-state index contributed by atoms with van der Waals surface area (Å²) < 4.78 is 0. The fraction of sp³-hybridized carbons (Fsp3) is 0.923. The molecule has 0 aromatic rings. The van der Waals surface area contributed by atoms with Crippen LogP contribution < -0.4 is 5.32 Å². The fourth-order valence-corrected chi connectivity index (χ4v) is 8.36. The lowest BCUT2D eigenvalue weighted by Gasteiger charge is -2.58. The van der Waals surface area contributed by atoms with E-state index in [9.17, 15) is 5.11 Å². The monoisotopic (exact) mass is 387 g/mol. The van der Waals surface area contributed by atoms with Crippen LogP contribution in [0, 0.1) is 46.3 Å². The van der Waals surface area contributed by atoms with Crippen LogP contribution in [0.2, 0.25) is 0 Å². The number of hydrogen-bond acceptors (Lipinski definition) is 2. The number of fused-ring (bicyclic) bond motifs is 5. The number of aliphatic hydroxyl groups excluding tert-OH is 1. The molecule has 0 spiro atoms. The summed E-state index contributed by atoms with van der Waals surface area (Å²) >= 11 is 0. The first-order chi connectivity index (χ1) is 13.3. The molecule has 4 rings (SSSR count). The molecule has 0 aromatic heterocycles. The predicted molar refractivity (Wildman–Crippen MR) is 118 cm³/mol. The molecule has 0 saturated heterocycles. The first-order valence-electron chi connectivity index (χ1n) is 12.3. The highest BCUT2D eigenvalue weighted by Gasteiger charge is 2.59. The van der Waals surface area contributed by atoms with E-state index in [1.54, 1.807) is 5.57 Å². The third kappa shape index (κ3) is 3.41. The van der Waals surface area contributed by atoms with Gasteiger partial charge in [0.2, 0.25) is 0 Å². The van der Waals surface area contributed by atoms with Crippen molar-refractivity contribution in [2.75, 3.05) is 13.1 Å². The Morgan fingerprint density at radius 3 is 2.57 bits per heavy atom. The molecular weight excluding hydrogens is 342 g/mol. The van der Waals surface area contributed by atoms with E-state index in [1.807, 2.05) is 0 Å². The van der Waals surface area contributed by atoms with Crippen molar-refractivity contribution in [3.63, 3.8) is 0 Å². The maximum atomic E-state index is 10.2. The highest BCUT2D eigenvalue weighted by Crippen LogP contribution is 2.67. The van der Waals surface area contributed by atoms with Crippen molar-refractivity contribution in [1.82, 2.24) is 5.32 Å². The van der Waals surface area contributed by atoms with Gasteiger partial charge in [-0.1, -0.05) is 46.3 Å². The lowest BCUT2D eigenvalue weighted by atomic mass is 9.47. The molecule has 8 atom stereocenters. The zero-order chi connectivity index (χ0) is 20.1. The van der Waals surface area contributed by atoms with Crippen LogP contribution in [-0.4, -0.2) is 24.3 Å². The highest BCUT2D eigenvalue weighted by atomic mass is 16.3. The van der Waals surface area contributed by atoms with E-state index in [0.29, 0.717) is 10.8 Å². The van der Waals surface area contributed by atoms with Gasteiger partial charge in [0.1, 0.15) is 0 Å². The van der Waals surface area contributed by atoms with Gasteiger partial charge in [0.05, 0.1) is 6.10 Å². The van der Waals surface area contributed by atoms with Crippen LogP contribution in [0.15, 0.2) is 11.6 Å². The normalized spacial score (nSPS) is 46.5. The molecule has 0 radical (unpaired) electrons. The van der Waals surface area contributed by atoms with E-state index in [-0.39, 0.29) is 6.10 Å². The number of nitrogens with one attached hydrogen (secondary N) is 1. The number of allylic oxidation sites excluding steroid dienone is 1. The Hall–Kier alpha value is -0.340. The van der Waals surface area contributed by atoms with E-state index in [4.69, 9.17) is 0 Å². The van der Waals surface area contributed by atoms with Crippen LogP contribution in [0.5, 0.6) is 0 Å². The molecular formula is C26H45NO. The summed E-state index contributed by atoms with van der Waals surface area (Å²) in [5.41, 5.74) is 2.54.